The van der Waals surface area contributed by atoms with E-state index in [9.17, 15) is 4.79 Å². The van der Waals surface area contributed by atoms with E-state index < -0.39 is 5.97 Å². The number of oxime groups is 1. The van der Waals surface area contributed by atoms with Crippen molar-refractivity contribution in [2.45, 2.75) is 13.3 Å². The van der Waals surface area contributed by atoms with Crippen molar-refractivity contribution in [1.82, 2.24) is 20.6 Å². The molecule has 0 aliphatic heterocycles. The first-order chi connectivity index (χ1) is 9.24. The highest BCUT2D eigenvalue weighted by molar-refractivity contribution is 7.15. The van der Waals surface area contributed by atoms with Gasteiger partial charge in [-0.25, -0.2) is 4.79 Å². The number of nitrogens with zero attached hydrogens (tertiary/aromatic N) is 4. The zero-order chi connectivity index (χ0) is 13.7. The average Bonchev–Trinajstić information content (AvgIpc) is 3.03. The molecule has 0 aromatic carbocycles. The lowest BCUT2D eigenvalue weighted by Crippen LogP contribution is -2.17. The van der Waals surface area contributed by atoms with Crippen LogP contribution in [-0.2, 0) is 16.0 Å². The van der Waals surface area contributed by atoms with E-state index in [1.807, 2.05) is 0 Å². The monoisotopic (exact) mass is 281 g/mol. The molecule has 2 heterocycles. The van der Waals surface area contributed by atoms with Crippen LogP contribution in [0.3, 0.4) is 0 Å². The van der Waals surface area contributed by atoms with Gasteiger partial charge in [0.25, 0.3) is 0 Å². The maximum Gasteiger partial charge on any atom is 0.361 e. The van der Waals surface area contributed by atoms with Crippen molar-refractivity contribution in [3.8, 4) is 0 Å². The third-order valence-electron chi connectivity index (χ3n) is 2.19. The highest BCUT2D eigenvalue weighted by atomic mass is 32.1. The standard InChI is InChI=1S/C10H11N5O3S/c1-2-18-10(16)9(13-17)7-4-3-6(19-7)5-8-11-14-15-12-8/h3-4,17H,2,5H2,1H3,(H,11,12,14,15)/b13-9-. The molecule has 0 unspecified atom stereocenters. The molecule has 100 valence electrons. The van der Waals surface area contributed by atoms with Crippen LogP contribution in [0, 0.1) is 0 Å². The Kier molecular flexibility index (Phi) is 4.18. The Morgan fingerprint density at radius 1 is 1.58 bits per heavy atom. The summed E-state index contributed by atoms with van der Waals surface area (Å²) < 4.78 is 4.80. The number of aromatic nitrogens is 4. The Labute approximate surface area is 112 Å². The fourth-order valence-electron chi connectivity index (χ4n) is 1.40. The number of nitrogens with one attached hydrogen (secondary N) is 1. The van der Waals surface area contributed by atoms with Crippen molar-refractivity contribution >= 4 is 23.0 Å². The number of tetrazole rings is 1. The lowest BCUT2D eigenvalue weighted by Gasteiger charge is -2.00. The average molecular weight is 281 g/mol. The van der Waals surface area contributed by atoms with Crippen molar-refractivity contribution in [1.29, 1.82) is 0 Å². The third kappa shape index (κ3) is 3.13. The molecule has 19 heavy (non-hydrogen) atoms. The molecule has 0 fully saturated rings. The second-order valence-corrected chi connectivity index (χ2v) is 4.61. The summed E-state index contributed by atoms with van der Waals surface area (Å²) in [6, 6.07) is 3.49. The van der Waals surface area contributed by atoms with Gasteiger partial charge in [-0.15, -0.1) is 21.5 Å². The number of H-pyrrole nitrogens is 1. The zero-order valence-electron chi connectivity index (χ0n) is 10.0. The summed E-state index contributed by atoms with van der Waals surface area (Å²) in [4.78, 5) is 13.0. The number of hydrogen-bond donors (Lipinski definition) is 2. The van der Waals surface area contributed by atoms with Crippen LogP contribution >= 0.6 is 11.3 Å². The van der Waals surface area contributed by atoms with Gasteiger partial charge in [0, 0.05) is 11.3 Å². The Hall–Kier alpha value is -2.29. The molecule has 8 nitrogen and oxygen atoms in total. The number of esters is 1. The van der Waals surface area contributed by atoms with E-state index in [1.165, 1.54) is 11.3 Å². The van der Waals surface area contributed by atoms with E-state index in [0.29, 0.717) is 17.1 Å². The topological polar surface area (TPSA) is 113 Å². The zero-order valence-corrected chi connectivity index (χ0v) is 10.8. The molecule has 0 saturated carbocycles. The van der Waals surface area contributed by atoms with Crippen molar-refractivity contribution < 1.29 is 14.7 Å². The van der Waals surface area contributed by atoms with Crippen LogP contribution in [-0.4, -0.2) is 44.1 Å². The molecule has 0 spiro atoms. The minimum absolute atomic E-state index is 0.105. The van der Waals surface area contributed by atoms with Crippen LogP contribution in [0.25, 0.3) is 0 Å². The predicted molar refractivity (Wildman–Crippen MR) is 66.3 cm³/mol. The minimum Gasteiger partial charge on any atom is -0.461 e. The van der Waals surface area contributed by atoms with Gasteiger partial charge in [-0.2, -0.15) is 5.21 Å². The van der Waals surface area contributed by atoms with E-state index in [-0.39, 0.29) is 12.3 Å². The molecule has 0 atom stereocenters. The fraction of sp³-hybridized carbons (Fsp3) is 0.300. The van der Waals surface area contributed by atoms with Crippen molar-refractivity contribution in [2.75, 3.05) is 6.61 Å². The van der Waals surface area contributed by atoms with Crippen LogP contribution in [0.5, 0.6) is 0 Å². The summed E-state index contributed by atoms with van der Waals surface area (Å²) in [6.45, 7) is 1.90. The Morgan fingerprint density at radius 3 is 3.05 bits per heavy atom. The maximum atomic E-state index is 11.6. The number of ether oxygens (including phenoxy) is 1. The number of rotatable bonds is 5. The second-order valence-electron chi connectivity index (χ2n) is 3.44. The summed E-state index contributed by atoms with van der Waals surface area (Å²) in [7, 11) is 0. The molecule has 2 N–H and O–H groups in total. The molecule has 0 aliphatic carbocycles. The van der Waals surface area contributed by atoms with E-state index in [0.717, 1.165) is 4.88 Å². The Morgan fingerprint density at radius 2 is 2.42 bits per heavy atom. The lowest BCUT2D eigenvalue weighted by atomic mass is 10.3. The van der Waals surface area contributed by atoms with Gasteiger partial charge in [0.1, 0.15) is 0 Å². The number of thiophene rings is 1. The lowest BCUT2D eigenvalue weighted by molar-refractivity contribution is -0.135. The van der Waals surface area contributed by atoms with Gasteiger partial charge in [0.2, 0.25) is 5.71 Å². The van der Waals surface area contributed by atoms with Gasteiger partial charge in [-0.05, 0) is 19.1 Å². The van der Waals surface area contributed by atoms with Gasteiger partial charge in [0.05, 0.1) is 11.5 Å². The predicted octanol–water partition coefficient (Wildman–Crippen LogP) is 0.593. The second kappa shape index (κ2) is 6.05. The molecule has 2 rings (SSSR count). The van der Waals surface area contributed by atoms with Crippen molar-refractivity contribution in [3.05, 3.63) is 27.7 Å². The van der Waals surface area contributed by atoms with Crippen LogP contribution < -0.4 is 0 Å². The fourth-order valence-corrected chi connectivity index (χ4v) is 2.38. The SMILES string of the molecule is CCOC(=O)/C(=N\O)c1ccc(Cc2nn[nH]n2)s1. The molecule has 2 aromatic rings. The van der Waals surface area contributed by atoms with E-state index in [2.05, 4.69) is 25.8 Å². The van der Waals surface area contributed by atoms with Gasteiger partial charge in [-0.1, -0.05) is 10.4 Å². The minimum atomic E-state index is -0.655. The molecule has 2 aromatic heterocycles. The molecule has 0 bridgehead atoms. The molecule has 0 radical (unpaired) electrons. The summed E-state index contributed by atoms with van der Waals surface area (Å²) in [5, 5.41) is 25.4. The molecule has 0 amide bonds. The number of carbonyl (C=O) groups excluding carboxylic acids is 1. The molecular formula is C10H11N5O3S. The van der Waals surface area contributed by atoms with Crippen molar-refractivity contribution in [3.63, 3.8) is 0 Å². The largest absolute Gasteiger partial charge is 0.461 e. The smallest absolute Gasteiger partial charge is 0.361 e. The Bertz CT molecular complexity index is 578. The molecule has 9 heteroatoms. The van der Waals surface area contributed by atoms with Crippen LogP contribution in [0.4, 0.5) is 0 Å². The van der Waals surface area contributed by atoms with E-state index >= 15 is 0 Å². The van der Waals surface area contributed by atoms with Gasteiger partial charge in [0.15, 0.2) is 5.82 Å². The van der Waals surface area contributed by atoms with Crippen LogP contribution in [0.1, 0.15) is 22.5 Å². The summed E-state index contributed by atoms with van der Waals surface area (Å²) in [5.41, 5.74) is -0.105. The molecule has 0 aliphatic rings. The summed E-state index contributed by atoms with van der Waals surface area (Å²) in [6.07, 6.45) is 0.489. The number of carbonyl (C=O) groups is 1. The first-order valence-electron chi connectivity index (χ1n) is 5.45. The molecular weight excluding hydrogens is 270 g/mol. The normalized spacial score (nSPS) is 11.5. The van der Waals surface area contributed by atoms with Gasteiger partial charge < -0.3 is 9.94 Å². The highest BCUT2D eigenvalue weighted by Crippen LogP contribution is 2.20. The van der Waals surface area contributed by atoms with Crippen LogP contribution in [0.15, 0.2) is 17.3 Å². The molecule has 0 saturated heterocycles. The van der Waals surface area contributed by atoms with E-state index in [1.54, 1.807) is 19.1 Å². The maximum absolute atomic E-state index is 11.6. The van der Waals surface area contributed by atoms with E-state index in [4.69, 9.17) is 9.94 Å². The number of hydrogen-bond acceptors (Lipinski definition) is 8. The van der Waals surface area contributed by atoms with Crippen LogP contribution in [0.2, 0.25) is 0 Å². The number of aromatic amines is 1. The first-order valence-corrected chi connectivity index (χ1v) is 6.26. The third-order valence-corrected chi connectivity index (χ3v) is 3.28. The highest BCUT2D eigenvalue weighted by Gasteiger charge is 2.18. The summed E-state index contributed by atoms with van der Waals surface area (Å²) in [5.74, 6) is -0.106. The van der Waals surface area contributed by atoms with Gasteiger partial charge in [-0.3, -0.25) is 0 Å². The quantitative estimate of drug-likeness (QED) is 0.359. The first kappa shape index (κ1) is 13.1. The summed E-state index contributed by atoms with van der Waals surface area (Å²) >= 11 is 1.30. The Balaban J connectivity index is 2.13. The van der Waals surface area contributed by atoms with Crippen molar-refractivity contribution in [2.24, 2.45) is 5.16 Å². The van der Waals surface area contributed by atoms with Gasteiger partial charge >= 0.3 is 5.97 Å².